The molecule has 0 aromatic heterocycles. The third kappa shape index (κ3) is 3.57. The van der Waals surface area contributed by atoms with Crippen LogP contribution >= 0.6 is 11.6 Å². The van der Waals surface area contributed by atoms with E-state index in [1.165, 1.54) is 0 Å². The maximum Gasteiger partial charge on any atom is 0.161 e. The Morgan fingerprint density at radius 3 is 2.65 bits per heavy atom. The molecular weight excluding hydrogens is 280 g/mol. The van der Waals surface area contributed by atoms with Crippen molar-refractivity contribution in [2.45, 2.75) is 30.9 Å². The molecule has 0 spiro atoms. The van der Waals surface area contributed by atoms with Crippen molar-refractivity contribution in [3.8, 4) is 11.5 Å². The summed E-state index contributed by atoms with van der Waals surface area (Å²) in [7, 11) is 3.28. The van der Waals surface area contributed by atoms with Crippen LogP contribution in [-0.4, -0.2) is 45.0 Å². The van der Waals surface area contributed by atoms with E-state index in [9.17, 15) is 0 Å². The number of hydrogen-bond acceptors (Lipinski definition) is 4. The number of hydrogen-bond donors (Lipinski definition) is 0. The third-order valence-electron chi connectivity index (χ3n) is 3.38. The number of aryl methyl sites for hydroxylation is 1. The Bertz CT molecular complexity index is 438. The Morgan fingerprint density at radius 2 is 2.00 bits per heavy atom. The van der Waals surface area contributed by atoms with E-state index in [0.29, 0.717) is 13.2 Å². The first-order chi connectivity index (χ1) is 9.65. The summed E-state index contributed by atoms with van der Waals surface area (Å²) < 4.78 is 22.0. The summed E-state index contributed by atoms with van der Waals surface area (Å²) in [6, 6.07) is 5.87. The van der Waals surface area contributed by atoms with E-state index in [2.05, 4.69) is 0 Å². The topological polar surface area (TPSA) is 36.9 Å². The number of methoxy groups -OCH3 is 2. The van der Waals surface area contributed by atoms with Gasteiger partial charge < -0.3 is 18.9 Å². The minimum atomic E-state index is -0.0992. The first-order valence-electron chi connectivity index (χ1n) is 6.71. The first kappa shape index (κ1) is 15.4. The van der Waals surface area contributed by atoms with Crippen LogP contribution in [0, 0.1) is 6.92 Å². The quantitative estimate of drug-likeness (QED) is 0.573. The second-order valence-electron chi connectivity index (χ2n) is 4.89. The Morgan fingerprint density at radius 1 is 1.20 bits per heavy atom. The van der Waals surface area contributed by atoms with Gasteiger partial charge in [-0.2, -0.15) is 0 Å². The molecule has 3 unspecified atom stereocenters. The summed E-state index contributed by atoms with van der Waals surface area (Å²) in [5.74, 6) is 1.46. The van der Waals surface area contributed by atoms with Crippen molar-refractivity contribution in [1.29, 1.82) is 0 Å². The molecule has 1 aliphatic carbocycles. The van der Waals surface area contributed by atoms with Gasteiger partial charge in [-0.1, -0.05) is 6.07 Å². The predicted molar refractivity (Wildman–Crippen MR) is 78.0 cm³/mol. The fraction of sp³-hybridized carbons (Fsp3) is 0.600. The molecule has 1 aromatic rings. The monoisotopic (exact) mass is 300 g/mol. The lowest BCUT2D eigenvalue weighted by Gasteiger charge is -2.40. The van der Waals surface area contributed by atoms with E-state index in [0.717, 1.165) is 23.5 Å². The Balaban J connectivity index is 1.95. The van der Waals surface area contributed by atoms with Gasteiger partial charge in [0.25, 0.3) is 0 Å². The molecule has 0 N–H and O–H groups in total. The van der Waals surface area contributed by atoms with Crippen LogP contribution in [-0.2, 0) is 9.47 Å². The lowest BCUT2D eigenvalue weighted by Crippen LogP contribution is -2.53. The minimum absolute atomic E-state index is 0.00620. The van der Waals surface area contributed by atoms with Crippen molar-refractivity contribution in [3.05, 3.63) is 23.8 Å². The molecule has 5 heteroatoms. The number of halogens is 1. The molecule has 0 heterocycles. The van der Waals surface area contributed by atoms with Crippen molar-refractivity contribution in [3.63, 3.8) is 0 Å². The van der Waals surface area contributed by atoms with Gasteiger partial charge in [-0.3, -0.25) is 0 Å². The minimum Gasteiger partial charge on any atom is -0.493 e. The summed E-state index contributed by atoms with van der Waals surface area (Å²) >= 11 is 6.18. The Kier molecular flexibility index (Phi) is 5.52. The number of alkyl halides is 1. The smallest absolute Gasteiger partial charge is 0.161 e. The molecule has 1 saturated carbocycles. The van der Waals surface area contributed by atoms with Crippen LogP contribution in [0.5, 0.6) is 11.5 Å². The van der Waals surface area contributed by atoms with E-state index in [4.69, 9.17) is 30.5 Å². The van der Waals surface area contributed by atoms with E-state index < -0.39 is 0 Å². The normalized spacial score (nSPS) is 25.1. The number of benzene rings is 1. The standard InChI is InChI=1S/C15H21ClO4/c1-10-4-5-12(13(8-10)18-3)20-14-9-11(16)15(14)19-7-6-17-2/h4-5,8,11,14-15H,6-7,9H2,1-3H3. The van der Waals surface area contributed by atoms with Crippen LogP contribution < -0.4 is 9.47 Å². The molecule has 0 bridgehead atoms. The SMILES string of the molecule is COCCOC1C(Cl)CC1Oc1ccc(C)cc1OC. The predicted octanol–water partition coefficient (Wildman–Crippen LogP) is 2.79. The molecule has 4 nitrogen and oxygen atoms in total. The van der Waals surface area contributed by atoms with Gasteiger partial charge in [0.1, 0.15) is 12.2 Å². The van der Waals surface area contributed by atoms with Crippen LogP contribution in [0.25, 0.3) is 0 Å². The van der Waals surface area contributed by atoms with Crippen molar-refractivity contribution in [2.24, 2.45) is 0 Å². The van der Waals surface area contributed by atoms with E-state index in [1.54, 1.807) is 14.2 Å². The van der Waals surface area contributed by atoms with E-state index >= 15 is 0 Å². The number of rotatable bonds is 7. The zero-order chi connectivity index (χ0) is 14.5. The molecule has 20 heavy (non-hydrogen) atoms. The molecule has 0 aliphatic heterocycles. The fourth-order valence-corrected chi connectivity index (χ4v) is 2.57. The second kappa shape index (κ2) is 7.16. The molecule has 0 saturated heterocycles. The van der Waals surface area contributed by atoms with Gasteiger partial charge in [-0.25, -0.2) is 0 Å². The molecule has 1 aromatic carbocycles. The lowest BCUT2D eigenvalue weighted by molar-refractivity contribution is -0.0903. The molecule has 0 amide bonds. The molecular formula is C15H21ClO4. The van der Waals surface area contributed by atoms with Gasteiger partial charge in [-0.05, 0) is 24.6 Å². The van der Waals surface area contributed by atoms with Crippen LogP contribution in [0.4, 0.5) is 0 Å². The van der Waals surface area contributed by atoms with Crippen LogP contribution in [0.1, 0.15) is 12.0 Å². The van der Waals surface area contributed by atoms with Crippen molar-refractivity contribution in [2.75, 3.05) is 27.4 Å². The van der Waals surface area contributed by atoms with E-state index in [-0.39, 0.29) is 17.6 Å². The van der Waals surface area contributed by atoms with Crippen molar-refractivity contribution >= 4 is 11.6 Å². The maximum atomic E-state index is 6.18. The Hall–Kier alpha value is -0.970. The molecule has 1 aliphatic rings. The van der Waals surface area contributed by atoms with E-state index in [1.807, 2.05) is 25.1 Å². The number of ether oxygens (including phenoxy) is 4. The summed E-state index contributed by atoms with van der Waals surface area (Å²) in [4.78, 5) is 0. The fourth-order valence-electron chi connectivity index (χ4n) is 2.16. The summed E-state index contributed by atoms with van der Waals surface area (Å²) in [5.41, 5.74) is 1.13. The van der Waals surface area contributed by atoms with Crippen molar-refractivity contribution < 1.29 is 18.9 Å². The van der Waals surface area contributed by atoms with Crippen LogP contribution in [0.2, 0.25) is 0 Å². The zero-order valence-corrected chi connectivity index (χ0v) is 12.9. The van der Waals surface area contributed by atoms with Gasteiger partial charge in [0.15, 0.2) is 11.5 Å². The van der Waals surface area contributed by atoms with Gasteiger partial charge >= 0.3 is 0 Å². The Labute approximate surface area is 124 Å². The van der Waals surface area contributed by atoms with Crippen molar-refractivity contribution in [1.82, 2.24) is 0 Å². The van der Waals surface area contributed by atoms with Gasteiger partial charge in [-0.15, -0.1) is 11.6 Å². The molecule has 1 fully saturated rings. The third-order valence-corrected chi connectivity index (χ3v) is 3.80. The summed E-state index contributed by atoms with van der Waals surface area (Å²) in [5, 5.41) is -0.00620. The second-order valence-corrected chi connectivity index (χ2v) is 5.45. The van der Waals surface area contributed by atoms with Gasteiger partial charge in [0, 0.05) is 13.5 Å². The summed E-state index contributed by atoms with van der Waals surface area (Å²) in [6.45, 7) is 3.09. The molecule has 0 radical (unpaired) electrons. The average molecular weight is 301 g/mol. The zero-order valence-electron chi connectivity index (χ0n) is 12.1. The van der Waals surface area contributed by atoms with Crippen LogP contribution in [0.3, 0.4) is 0 Å². The highest BCUT2D eigenvalue weighted by molar-refractivity contribution is 6.21. The first-order valence-corrected chi connectivity index (χ1v) is 7.15. The van der Waals surface area contributed by atoms with Gasteiger partial charge in [0.05, 0.1) is 25.7 Å². The lowest BCUT2D eigenvalue weighted by atomic mass is 9.91. The summed E-state index contributed by atoms with van der Waals surface area (Å²) in [6.07, 6.45) is 0.639. The highest BCUT2D eigenvalue weighted by atomic mass is 35.5. The van der Waals surface area contributed by atoms with Crippen LogP contribution in [0.15, 0.2) is 18.2 Å². The molecule has 112 valence electrons. The molecule has 2 rings (SSSR count). The highest BCUT2D eigenvalue weighted by Crippen LogP contribution is 2.36. The van der Waals surface area contributed by atoms with Gasteiger partial charge in [0.2, 0.25) is 0 Å². The maximum absolute atomic E-state index is 6.18. The highest BCUT2D eigenvalue weighted by Gasteiger charge is 2.43. The molecule has 3 atom stereocenters. The average Bonchev–Trinajstić information content (AvgIpc) is 2.44. The largest absolute Gasteiger partial charge is 0.493 e.